The predicted octanol–water partition coefficient (Wildman–Crippen LogP) is 3.59. The Hall–Kier alpha value is -2.29. The van der Waals surface area contributed by atoms with Crippen LogP contribution in [0.5, 0.6) is 5.75 Å². The molecule has 0 saturated carbocycles. The fourth-order valence-electron chi connectivity index (χ4n) is 2.77. The maximum Gasteiger partial charge on any atom is 0.196 e. The van der Waals surface area contributed by atoms with E-state index in [1.807, 2.05) is 43.3 Å². The molecule has 0 atom stereocenters. The Morgan fingerprint density at radius 1 is 1.19 bits per heavy atom. The lowest BCUT2D eigenvalue weighted by molar-refractivity contribution is 0.103. The molecule has 2 aromatic rings. The molecule has 2 aromatic carbocycles. The summed E-state index contributed by atoms with van der Waals surface area (Å²) in [6.07, 6.45) is 2.13. The third-order valence-electron chi connectivity index (χ3n) is 3.91. The number of ketones is 1. The third-order valence-corrected chi connectivity index (χ3v) is 3.91. The summed E-state index contributed by atoms with van der Waals surface area (Å²) in [7, 11) is 1.60. The van der Waals surface area contributed by atoms with E-state index in [4.69, 9.17) is 4.74 Å². The van der Waals surface area contributed by atoms with Crippen molar-refractivity contribution in [3.63, 3.8) is 0 Å². The monoisotopic (exact) mass is 281 g/mol. The molecule has 0 amide bonds. The van der Waals surface area contributed by atoms with Gasteiger partial charge in [-0.3, -0.25) is 4.79 Å². The normalized spacial score (nSPS) is 13.2. The Labute approximate surface area is 124 Å². The molecule has 0 aliphatic carbocycles. The zero-order chi connectivity index (χ0) is 14.8. The number of aryl methyl sites for hydroxylation is 2. The number of rotatable bonds is 3. The second kappa shape index (κ2) is 5.60. The van der Waals surface area contributed by atoms with E-state index in [2.05, 4.69) is 5.32 Å². The van der Waals surface area contributed by atoms with Gasteiger partial charge in [-0.25, -0.2) is 0 Å². The largest absolute Gasteiger partial charge is 0.496 e. The van der Waals surface area contributed by atoms with Gasteiger partial charge in [-0.1, -0.05) is 11.6 Å². The topological polar surface area (TPSA) is 38.3 Å². The van der Waals surface area contributed by atoms with Crippen molar-refractivity contribution in [1.29, 1.82) is 0 Å². The average molecular weight is 281 g/mol. The van der Waals surface area contributed by atoms with Crippen LogP contribution in [0.2, 0.25) is 0 Å². The van der Waals surface area contributed by atoms with Crippen LogP contribution in [0.3, 0.4) is 0 Å². The van der Waals surface area contributed by atoms with Gasteiger partial charge in [0.2, 0.25) is 0 Å². The molecule has 0 spiro atoms. The minimum absolute atomic E-state index is 0.0175. The molecular formula is C18H19NO2. The van der Waals surface area contributed by atoms with Crippen molar-refractivity contribution in [2.45, 2.75) is 19.8 Å². The summed E-state index contributed by atoms with van der Waals surface area (Å²) in [6.45, 7) is 2.99. The van der Waals surface area contributed by atoms with Gasteiger partial charge in [-0.2, -0.15) is 0 Å². The number of hydrogen-bond donors (Lipinski definition) is 1. The highest BCUT2D eigenvalue weighted by Gasteiger charge is 2.17. The smallest absolute Gasteiger partial charge is 0.196 e. The van der Waals surface area contributed by atoms with Gasteiger partial charge in [-0.15, -0.1) is 0 Å². The van der Waals surface area contributed by atoms with Crippen molar-refractivity contribution in [2.75, 3.05) is 19.0 Å². The van der Waals surface area contributed by atoms with Crippen molar-refractivity contribution in [3.8, 4) is 5.75 Å². The summed E-state index contributed by atoms with van der Waals surface area (Å²) >= 11 is 0. The van der Waals surface area contributed by atoms with Crippen LogP contribution in [0.25, 0.3) is 0 Å². The Morgan fingerprint density at radius 2 is 2.05 bits per heavy atom. The summed E-state index contributed by atoms with van der Waals surface area (Å²) in [5, 5.41) is 3.36. The minimum Gasteiger partial charge on any atom is -0.496 e. The summed E-state index contributed by atoms with van der Waals surface area (Å²) < 4.78 is 5.32. The van der Waals surface area contributed by atoms with Crippen LogP contribution < -0.4 is 10.1 Å². The number of anilines is 1. The van der Waals surface area contributed by atoms with Gasteiger partial charge in [0.25, 0.3) is 0 Å². The molecule has 1 N–H and O–H groups in total. The number of carbonyl (C=O) groups is 1. The van der Waals surface area contributed by atoms with Gasteiger partial charge < -0.3 is 10.1 Å². The average Bonchev–Trinajstić information content (AvgIpc) is 2.53. The zero-order valence-corrected chi connectivity index (χ0v) is 12.4. The van der Waals surface area contributed by atoms with E-state index in [-0.39, 0.29) is 5.78 Å². The number of nitrogens with one attached hydrogen (secondary N) is 1. The fourth-order valence-corrected chi connectivity index (χ4v) is 2.77. The molecule has 3 rings (SSSR count). The quantitative estimate of drug-likeness (QED) is 0.874. The van der Waals surface area contributed by atoms with Gasteiger partial charge in [0.05, 0.1) is 12.7 Å². The van der Waals surface area contributed by atoms with Crippen molar-refractivity contribution in [2.24, 2.45) is 0 Å². The first-order chi connectivity index (χ1) is 10.2. The van der Waals surface area contributed by atoms with E-state index in [9.17, 15) is 4.79 Å². The number of hydrogen-bond acceptors (Lipinski definition) is 3. The number of benzene rings is 2. The fraction of sp³-hybridized carbons (Fsp3) is 0.278. The van der Waals surface area contributed by atoms with Gasteiger partial charge in [0.1, 0.15) is 5.75 Å². The highest BCUT2D eigenvalue weighted by Crippen LogP contribution is 2.27. The van der Waals surface area contributed by atoms with E-state index in [0.717, 1.165) is 36.2 Å². The van der Waals surface area contributed by atoms with E-state index >= 15 is 0 Å². The Kier molecular flexibility index (Phi) is 3.65. The second-order valence-corrected chi connectivity index (χ2v) is 5.44. The lowest BCUT2D eigenvalue weighted by Gasteiger charge is -2.18. The van der Waals surface area contributed by atoms with Gasteiger partial charge in [0, 0.05) is 17.8 Å². The SMILES string of the molecule is COc1ccc(C)cc1C(=O)c1ccc2c(c1)CCCN2. The highest BCUT2D eigenvalue weighted by molar-refractivity contribution is 6.11. The molecule has 21 heavy (non-hydrogen) atoms. The molecule has 1 aliphatic rings. The Bertz CT molecular complexity index is 692. The summed E-state index contributed by atoms with van der Waals surface area (Å²) in [5.74, 6) is 0.644. The van der Waals surface area contributed by atoms with Crippen LogP contribution in [-0.4, -0.2) is 19.4 Å². The number of carbonyl (C=O) groups excluding carboxylic acids is 1. The van der Waals surface area contributed by atoms with Crippen LogP contribution in [0.15, 0.2) is 36.4 Å². The third kappa shape index (κ3) is 2.64. The van der Waals surface area contributed by atoms with Gasteiger partial charge in [-0.05, 0) is 55.7 Å². The Morgan fingerprint density at radius 3 is 2.86 bits per heavy atom. The van der Waals surface area contributed by atoms with Crippen LogP contribution >= 0.6 is 0 Å². The first-order valence-corrected chi connectivity index (χ1v) is 7.25. The van der Waals surface area contributed by atoms with E-state index in [1.54, 1.807) is 7.11 Å². The molecule has 0 fully saturated rings. The number of methoxy groups -OCH3 is 1. The summed E-state index contributed by atoms with van der Waals surface area (Å²) in [6, 6.07) is 11.6. The van der Waals surface area contributed by atoms with Crippen molar-refractivity contribution < 1.29 is 9.53 Å². The molecule has 3 heteroatoms. The van der Waals surface area contributed by atoms with Crippen LogP contribution in [0.1, 0.15) is 33.5 Å². The number of fused-ring (bicyclic) bond motifs is 1. The molecule has 3 nitrogen and oxygen atoms in total. The van der Waals surface area contributed by atoms with Crippen molar-refractivity contribution >= 4 is 11.5 Å². The molecular weight excluding hydrogens is 262 g/mol. The maximum absolute atomic E-state index is 12.8. The lowest BCUT2D eigenvalue weighted by atomic mass is 9.95. The molecule has 0 bridgehead atoms. The first-order valence-electron chi connectivity index (χ1n) is 7.25. The highest BCUT2D eigenvalue weighted by atomic mass is 16.5. The Balaban J connectivity index is 2.00. The van der Waals surface area contributed by atoms with Gasteiger partial charge in [0.15, 0.2) is 5.78 Å². The van der Waals surface area contributed by atoms with Gasteiger partial charge >= 0.3 is 0 Å². The van der Waals surface area contributed by atoms with E-state index in [0.29, 0.717) is 11.3 Å². The summed E-state index contributed by atoms with van der Waals surface area (Å²) in [4.78, 5) is 12.8. The predicted molar refractivity (Wildman–Crippen MR) is 84.4 cm³/mol. The molecule has 0 saturated heterocycles. The van der Waals surface area contributed by atoms with Crippen molar-refractivity contribution in [3.05, 3.63) is 58.7 Å². The van der Waals surface area contributed by atoms with Crippen LogP contribution in [0, 0.1) is 6.92 Å². The molecule has 0 unspecified atom stereocenters. The summed E-state index contributed by atoms with van der Waals surface area (Å²) in [5.41, 5.74) is 4.77. The van der Waals surface area contributed by atoms with Crippen LogP contribution in [0.4, 0.5) is 5.69 Å². The number of ether oxygens (including phenoxy) is 1. The minimum atomic E-state index is 0.0175. The second-order valence-electron chi connectivity index (χ2n) is 5.44. The van der Waals surface area contributed by atoms with Crippen molar-refractivity contribution in [1.82, 2.24) is 0 Å². The standard InChI is InChI=1S/C18H19NO2/c1-12-5-8-17(21-2)15(10-12)18(20)14-6-7-16-13(11-14)4-3-9-19-16/h5-8,10-11,19H,3-4,9H2,1-2H3. The van der Waals surface area contributed by atoms with Crippen LogP contribution in [-0.2, 0) is 6.42 Å². The van der Waals surface area contributed by atoms with E-state index in [1.165, 1.54) is 5.56 Å². The first kappa shape index (κ1) is 13.7. The zero-order valence-electron chi connectivity index (χ0n) is 12.4. The molecule has 1 heterocycles. The molecule has 108 valence electrons. The maximum atomic E-state index is 12.8. The molecule has 0 aromatic heterocycles. The molecule has 0 radical (unpaired) electrons. The molecule has 1 aliphatic heterocycles. The lowest BCUT2D eigenvalue weighted by Crippen LogP contribution is -2.13. The van der Waals surface area contributed by atoms with E-state index < -0.39 is 0 Å².